The van der Waals surface area contributed by atoms with Crippen LogP contribution in [-0.4, -0.2) is 40.8 Å². The van der Waals surface area contributed by atoms with Crippen molar-refractivity contribution in [1.82, 2.24) is 19.3 Å². The van der Waals surface area contributed by atoms with Crippen LogP contribution in [-0.2, 0) is 10.0 Å². The zero-order chi connectivity index (χ0) is 21.5. The molecule has 160 valence electrons. The molecule has 1 fully saturated rings. The lowest BCUT2D eigenvalue weighted by atomic mass is 9.92. The van der Waals surface area contributed by atoms with Gasteiger partial charge in [-0.15, -0.1) is 0 Å². The van der Waals surface area contributed by atoms with E-state index < -0.39 is 10.0 Å². The first-order valence-electron chi connectivity index (χ1n) is 10.1. The lowest BCUT2D eigenvalue weighted by Gasteiger charge is -2.29. The first kappa shape index (κ1) is 20.5. The molecular formula is C20H26N6O3S. The number of nitrogens with one attached hydrogen (secondary N) is 2. The van der Waals surface area contributed by atoms with E-state index in [1.807, 2.05) is 18.2 Å². The molecule has 2 aromatic heterocycles. The Morgan fingerprint density at radius 3 is 2.50 bits per heavy atom. The highest BCUT2D eigenvalue weighted by atomic mass is 32.2. The first-order chi connectivity index (χ1) is 14.3. The van der Waals surface area contributed by atoms with Gasteiger partial charge >= 0.3 is 0 Å². The van der Waals surface area contributed by atoms with Crippen LogP contribution >= 0.6 is 0 Å². The van der Waals surface area contributed by atoms with Crippen LogP contribution in [0, 0.1) is 6.92 Å². The number of nitrogens with two attached hydrogens (primary N) is 1. The summed E-state index contributed by atoms with van der Waals surface area (Å²) in [6.45, 7) is 3.34. The van der Waals surface area contributed by atoms with Crippen LogP contribution in [0.2, 0.25) is 0 Å². The Hall–Kier alpha value is -2.72. The molecule has 0 aliphatic heterocycles. The van der Waals surface area contributed by atoms with Gasteiger partial charge in [0.15, 0.2) is 5.65 Å². The summed E-state index contributed by atoms with van der Waals surface area (Å²) in [7, 11) is -3.19. The maximum atomic E-state index is 12.8. The molecule has 2 heterocycles. The van der Waals surface area contributed by atoms with Crippen molar-refractivity contribution in [3.63, 3.8) is 0 Å². The maximum Gasteiger partial charge on any atom is 0.261 e. The maximum absolute atomic E-state index is 12.8. The van der Waals surface area contributed by atoms with E-state index in [4.69, 9.17) is 5.73 Å². The topological polar surface area (TPSA) is 132 Å². The van der Waals surface area contributed by atoms with Crippen molar-refractivity contribution in [3.8, 4) is 0 Å². The monoisotopic (exact) mass is 430 g/mol. The van der Waals surface area contributed by atoms with E-state index in [-0.39, 0.29) is 23.4 Å². The fraction of sp³-hybridized carbons (Fsp3) is 0.450. The van der Waals surface area contributed by atoms with Gasteiger partial charge in [-0.25, -0.2) is 18.1 Å². The molecule has 9 nitrogen and oxygen atoms in total. The van der Waals surface area contributed by atoms with Crippen LogP contribution in [0.25, 0.3) is 16.7 Å². The van der Waals surface area contributed by atoms with Crippen molar-refractivity contribution in [2.75, 3.05) is 16.8 Å². The quantitative estimate of drug-likeness (QED) is 0.636. The molecule has 0 amide bonds. The number of anilines is 2. The third kappa shape index (κ3) is 3.84. The number of allylic oxidation sites excluding steroid dienone is 4. The zero-order valence-corrected chi connectivity index (χ0v) is 17.9. The molecule has 1 saturated carbocycles. The third-order valence-electron chi connectivity index (χ3n) is 5.78. The lowest BCUT2D eigenvalue weighted by molar-refractivity contribution is 0.386. The number of nitrogen functional groups attached to an aromatic ring is 1. The van der Waals surface area contributed by atoms with Gasteiger partial charge < -0.3 is 11.1 Å². The molecule has 0 radical (unpaired) electrons. The SMILES string of the molecule is CCS(=O)(=O)NC1CCC(Nc2ncc3c(N)c(C)c(=O)n(C4=CC=C4)c3n2)CC1. The Bertz CT molecular complexity index is 1210. The van der Waals surface area contributed by atoms with Gasteiger partial charge in [0.1, 0.15) is 0 Å². The van der Waals surface area contributed by atoms with Crippen LogP contribution in [0.15, 0.2) is 29.2 Å². The van der Waals surface area contributed by atoms with E-state index >= 15 is 0 Å². The minimum atomic E-state index is -3.19. The standard InChI is InChI=1S/C20H26N6O3S/c1-3-30(28,29)25-14-9-7-13(8-10-14)23-20-22-11-16-17(21)12(2)19(27)26(18(16)24-20)15-5-4-6-15/h4-6,11,13-14,25H,3,7-10,21H2,1-2H3,(H,22,23,24). The van der Waals surface area contributed by atoms with Crippen molar-refractivity contribution in [2.45, 2.75) is 51.6 Å². The molecule has 0 unspecified atom stereocenters. The molecule has 0 atom stereocenters. The summed E-state index contributed by atoms with van der Waals surface area (Å²) >= 11 is 0. The molecule has 0 spiro atoms. The van der Waals surface area contributed by atoms with E-state index in [2.05, 4.69) is 20.0 Å². The van der Waals surface area contributed by atoms with E-state index in [1.54, 1.807) is 24.6 Å². The third-order valence-corrected chi connectivity index (χ3v) is 7.23. The average molecular weight is 431 g/mol. The highest BCUT2D eigenvalue weighted by Crippen LogP contribution is 2.26. The van der Waals surface area contributed by atoms with Gasteiger partial charge in [-0.05, 0) is 51.7 Å². The predicted octanol–water partition coefficient (Wildman–Crippen LogP) is 1.76. The molecule has 0 bridgehead atoms. The number of sulfonamides is 1. The van der Waals surface area contributed by atoms with Gasteiger partial charge in [-0.2, -0.15) is 4.98 Å². The molecule has 2 aliphatic carbocycles. The number of nitrogens with zero attached hydrogens (tertiary/aromatic N) is 3. The lowest BCUT2D eigenvalue weighted by Crippen LogP contribution is -2.40. The summed E-state index contributed by atoms with van der Waals surface area (Å²) < 4.78 is 27.8. The van der Waals surface area contributed by atoms with E-state index in [1.165, 1.54) is 0 Å². The van der Waals surface area contributed by atoms with Gasteiger partial charge in [0.25, 0.3) is 5.56 Å². The van der Waals surface area contributed by atoms with Crippen LogP contribution in [0.1, 0.15) is 38.2 Å². The number of pyridine rings is 1. The summed E-state index contributed by atoms with van der Waals surface area (Å²) in [5.74, 6) is 0.520. The van der Waals surface area contributed by atoms with Crippen molar-refractivity contribution in [2.24, 2.45) is 0 Å². The molecule has 0 saturated heterocycles. The Morgan fingerprint density at radius 1 is 1.23 bits per heavy atom. The van der Waals surface area contributed by atoms with E-state index in [0.29, 0.717) is 28.2 Å². The minimum absolute atomic E-state index is 0.0317. The number of fused-ring (bicyclic) bond motifs is 1. The van der Waals surface area contributed by atoms with Crippen molar-refractivity contribution >= 4 is 38.4 Å². The van der Waals surface area contributed by atoms with Gasteiger partial charge in [0.05, 0.1) is 22.5 Å². The van der Waals surface area contributed by atoms with Crippen LogP contribution in [0.3, 0.4) is 0 Å². The molecule has 2 aromatic rings. The summed E-state index contributed by atoms with van der Waals surface area (Å²) in [6, 6.07) is 0.103. The minimum Gasteiger partial charge on any atom is -0.398 e. The summed E-state index contributed by atoms with van der Waals surface area (Å²) in [5, 5.41) is 3.97. The highest BCUT2D eigenvalue weighted by Gasteiger charge is 2.25. The number of rotatable bonds is 6. The van der Waals surface area contributed by atoms with E-state index in [9.17, 15) is 13.2 Å². The Kier molecular flexibility index (Phi) is 5.37. The largest absolute Gasteiger partial charge is 0.398 e. The highest BCUT2D eigenvalue weighted by molar-refractivity contribution is 7.89. The Labute approximate surface area is 175 Å². The van der Waals surface area contributed by atoms with Gasteiger partial charge in [-0.1, -0.05) is 6.08 Å². The summed E-state index contributed by atoms with van der Waals surface area (Å²) in [6.07, 6.45) is 10.3. The van der Waals surface area contributed by atoms with Crippen molar-refractivity contribution in [1.29, 1.82) is 0 Å². The Balaban J connectivity index is 1.55. The first-order valence-corrected chi connectivity index (χ1v) is 11.8. The second-order valence-electron chi connectivity index (χ2n) is 7.77. The molecule has 0 aromatic carbocycles. The molecule has 10 heteroatoms. The zero-order valence-electron chi connectivity index (χ0n) is 17.1. The summed E-state index contributed by atoms with van der Waals surface area (Å²) in [5.41, 5.74) is 8.07. The van der Waals surface area contributed by atoms with Crippen LogP contribution < -0.4 is 21.3 Å². The molecule has 30 heavy (non-hydrogen) atoms. The van der Waals surface area contributed by atoms with Gasteiger partial charge in [0, 0.05) is 23.8 Å². The predicted molar refractivity (Wildman–Crippen MR) is 119 cm³/mol. The van der Waals surface area contributed by atoms with E-state index in [0.717, 1.165) is 31.4 Å². The normalized spacial score (nSPS) is 21.3. The number of hydrogen-bond donors (Lipinski definition) is 3. The summed E-state index contributed by atoms with van der Waals surface area (Å²) in [4.78, 5) is 21.8. The smallest absolute Gasteiger partial charge is 0.261 e. The Morgan fingerprint density at radius 2 is 1.90 bits per heavy atom. The average Bonchev–Trinajstić information content (AvgIpc) is 2.69. The molecular weight excluding hydrogens is 404 g/mol. The van der Waals surface area contributed by atoms with Crippen molar-refractivity contribution < 1.29 is 8.42 Å². The molecule has 4 rings (SSSR count). The molecule has 4 N–H and O–H groups in total. The fourth-order valence-corrected chi connectivity index (χ4v) is 4.74. The fourth-order valence-electron chi connectivity index (χ4n) is 3.83. The van der Waals surface area contributed by atoms with Crippen molar-refractivity contribution in [3.05, 3.63) is 40.3 Å². The van der Waals surface area contributed by atoms with Crippen LogP contribution in [0.4, 0.5) is 11.6 Å². The van der Waals surface area contributed by atoms with Gasteiger partial charge in [0.2, 0.25) is 16.0 Å². The van der Waals surface area contributed by atoms with Gasteiger partial charge in [-0.3, -0.25) is 9.36 Å². The number of aromatic nitrogens is 3. The second kappa shape index (κ2) is 7.84. The number of hydrogen-bond acceptors (Lipinski definition) is 7. The molecule has 2 aliphatic rings. The second-order valence-corrected chi connectivity index (χ2v) is 9.82. The van der Waals surface area contributed by atoms with Crippen LogP contribution in [0.5, 0.6) is 0 Å².